The second-order valence-corrected chi connectivity index (χ2v) is 6.17. The van der Waals surface area contributed by atoms with E-state index in [1.165, 1.54) is 0 Å². The Kier molecular flexibility index (Phi) is 6.53. The van der Waals surface area contributed by atoms with Crippen molar-refractivity contribution in [2.45, 2.75) is 32.9 Å². The lowest BCUT2D eigenvalue weighted by atomic mass is 10.0. The lowest BCUT2D eigenvalue weighted by Crippen LogP contribution is -2.40. The number of hydrogen-bond donors (Lipinski definition) is 2. The molecule has 0 heterocycles. The molecule has 1 amide bonds. The van der Waals surface area contributed by atoms with E-state index in [2.05, 4.69) is 10.6 Å². The average Bonchev–Trinajstić information content (AvgIpc) is 2.57. The van der Waals surface area contributed by atoms with Gasteiger partial charge >= 0.3 is 0 Å². The van der Waals surface area contributed by atoms with E-state index in [1.54, 1.807) is 7.11 Å². The van der Waals surface area contributed by atoms with Crippen LogP contribution >= 0.6 is 0 Å². The zero-order valence-electron chi connectivity index (χ0n) is 14.8. The Morgan fingerprint density at radius 1 is 1.12 bits per heavy atom. The summed E-state index contributed by atoms with van der Waals surface area (Å²) in [5, 5.41) is 6.41. The Morgan fingerprint density at radius 2 is 1.83 bits per heavy atom. The lowest BCUT2D eigenvalue weighted by molar-refractivity contribution is -0.118. The molecule has 0 saturated heterocycles. The number of nitrogens with one attached hydrogen (secondary N) is 2. The molecule has 24 heavy (non-hydrogen) atoms. The van der Waals surface area contributed by atoms with E-state index in [0.717, 1.165) is 22.4 Å². The maximum Gasteiger partial charge on any atom is 0.246 e. The molecular weight excluding hydrogens is 300 g/mol. The molecule has 2 rings (SSSR count). The summed E-state index contributed by atoms with van der Waals surface area (Å²) < 4.78 is 5.18. The van der Waals surface area contributed by atoms with Gasteiger partial charge in [-0.25, -0.2) is 0 Å². The molecule has 0 aliphatic rings. The van der Waals surface area contributed by atoms with Crippen molar-refractivity contribution < 1.29 is 9.53 Å². The predicted molar refractivity (Wildman–Crippen MR) is 98.2 cm³/mol. The maximum atomic E-state index is 12.9. The Hall–Kier alpha value is -2.17. The monoisotopic (exact) mass is 326 g/mol. The van der Waals surface area contributed by atoms with E-state index in [0.29, 0.717) is 6.61 Å². The highest BCUT2D eigenvalue weighted by molar-refractivity contribution is 5.96. The molecule has 0 bridgehead atoms. The highest BCUT2D eigenvalue weighted by Crippen LogP contribution is 2.20. The van der Waals surface area contributed by atoms with Crippen LogP contribution in [0.25, 0.3) is 0 Å². The van der Waals surface area contributed by atoms with Gasteiger partial charge in [0.15, 0.2) is 0 Å². The summed E-state index contributed by atoms with van der Waals surface area (Å²) in [6.07, 6.45) is 0. The largest absolute Gasteiger partial charge is 0.383 e. The molecule has 128 valence electrons. The van der Waals surface area contributed by atoms with Crippen molar-refractivity contribution >= 4 is 11.6 Å². The minimum absolute atomic E-state index is 0.0598. The Labute approximate surface area is 144 Å². The second kappa shape index (κ2) is 8.62. The Bertz CT molecular complexity index is 671. The Morgan fingerprint density at radius 3 is 2.50 bits per heavy atom. The number of methoxy groups -OCH3 is 1. The summed E-state index contributed by atoms with van der Waals surface area (Å²) in [5.74, 6) is -0.0714. The van der Waals surface area contributed by atoms with Crippen molar-refractivity contribution in [3.8, 4) is 0 Å². The number of ether oxygens (including phenoxy) is 1. The van der Waals surface area contributed by atoms with Gasteiger partial charge in [-0.3, -0.25) is 10.1 Å². The maximum absolute atomic E-state index is 12.9. The zero-order valence-corrected chi connectivity index (χ0v) is 14.8. The first-order valence-corrected chi connectivity index (χ1v) is 8.19. The lowest BCUT2D eigenvalue weighted by Gasteiger charge is -2.23. The summed E-state index contributed by atoms with van der Waals surface area (Å²) in [4.78, 5) is 12.9. The SMILES string of the molecule is COC[C@@H](C)N[C@@H](C(=O)Nc1cc(C)ccc1C)c1ccccc1. The van der Waals surface area contributed by atoms with Gasteiger partial charge in [-0.05, 0) is 43.5 Å². The van der Waals surface area contributed by atoms with Crippen LogP contribution in [0.2, 0.25) is 0 Å². The molecule has 0 unspecified atom stereocenters. The normalized spacial score (nSPS) is 13.3. The second-order valence-electron chi connectivity index (χ2n) is 6.17. The third-order valence-corrected chi connectivity index (χ3v) is 3.91. The molecule has 4 nitrogen and oxygen atoms in total. The van der Waals surface area contributed by atoms with E-state index in [4.69, 9.17) is 4.74 Å². The van der Waals surface area contributed by atoms with E-state index < -0.39 is 6.04 Å². The van der Waals surface area contributed by atoms with Crippen molar-refractivity contribution in [1.29, 1.82) is 0 Å². The molecule has 0 aromatic heterocycles. The number of carbonyl (C=O) groups is 1. The molecule has 0 saturated carbocycles. The van der Waals surface area contributed by atoms with Crippen LogP contribution in [-0.2, 0) is 9.53 Å². The van der Waals surface area contributed by atoms with Crippen LogP contribution in [0.4, 0.5) is 5.69 Å². The van der Waals surface area contributed by atoms with Crippen molar-refractivity contribution in [1.82, 2.24) is 5.32 Å². The predicted octanol–water partition coefficient (Wildman–Crippen LogP) is 3.61. The van der Waals surface area contributed by atoms with E-state index in [1.807, 2.05) is 69.3 Å². The molecule has 2 aromatic carbocycles. The fraction of sp³-hybridized carbons (Fsp3) is 0.350. The first-order chi connectivity index (χ1) is 11.5. The first-order valence-electron chi connectivity index (χ1n) is 8.19. The molecule has 0 fully saturated rings. The van der Waals surface area contributed by atoms with Crippen LogP contribution in [-0.4, -0.2) is 25.7 Å². The molecule has 0 spiro atoms. The van der Waals surface area contributed by atoms with E-state index in [-0.39, 0.29) is 11.9 Å². The van der Waals surface area contributed by atoms with Gasteiger partial charge in [0.1, 0.15) is 6.04 Å². The summed E-state index contributed by atoms with van der Waals surface area (Å²) >= 11 is 0. The smallest absolute Gasteiger partial charge is 0.246 e. The van der Waals surface area contributed by atoms with Crippen LogP contribution in [0.5, 0.6) is 0 Å². The molecule has 2 atom stereocenters. The zero-order chi connectivity index (χ0) is 17.5. The number of rotatable bonds is 7. The summed E-state index contributed by atoms with van der Waals surface area (Å²) in [5.41, 5.74) is 3.95. The van der Waals surface area contributed by atoms with E-state index in [9.17, 15) is 4.79 Å². The van der Waals surface area contributed by atoms with Gasteiger partial charge in [0.2, 0.25) is 5.91 Å². The number of amides is 1. The molecule has 2 aromatic rings. The van der Waals surface area contributed by atoms with Gasteiger partial charge in [-0.15, -0.1) is 0 Å². The van der Waals surface area contributed by atoms with Crippen LogP contribution < -0.4 is 10.6 Å². The van der Waals surface area contributed by atoms with Crippen LogP contribution in [0, 0.1) is 13.8 Å². The topological polar surface area (TPSA) is 50.4 Å². The van der Waals surface area contributed by atoms with Gasteiger partial charge < -0.3 is 10.1 Å². The third-order valence-electron chi connectivity index (χ3n) is 3.91. The molecule has 4 heteroatoms. The fourth-order valence-corrected chi connectivity index (χ4v) is 2.63. The molecule has 2 N–H and O–H groups in total. The standard InChI is InChI=1S/C20H26N2O2/c1-14-10-11-15(2)18(12-14)22-20(23)19(21-16(3)13-24-4)17-8-6-5-7-9-17/h5-12,16,19,21H,13H2,1-4H3,(H,22,23)/t16-,19-/m1/s1. The van der Waals surface area contributed by atoms with Crippen molar-refractivity contribution in [2.24, 2.45) is 0 Å². The van der Waals surface area contributed by atoms with Gasteiger partial charge in [-0.2, -0.15) is 0 Å². The first kappa shape index (κ1) is 18.2. The van der Waals surface area contributed by atoms with Gasteiger partial charge in [0.05, 0.1) is 6.61 Å². The van der Waals surface area contributed by atoms with Crippen LogP contribution in [0.1, 0.15) is 29.7 Å². The minimum atomic E-state index is -0.434. The fourth-order valence-electron chi connectivity index (χ4n) is 2.63. The quantitative estimate of drug-likeness (QED) is 0.817. The molecule has 0 aliphatic heterocycles. The van der Waals surface area contributed by atoms with Crippen molar-refractivity contribution in [3.63, 3.8) is 0 Å². The number of aryl methyl sites for hydroxylation is 2. The molecule has 0 radical (unpaired) electrons. The Balaban J connectivity index is 2.22. The van der Waals surface area contributed by atoms with Gasteiger partial charge in [-0.1, -0.05) is 42.5 Å². The number of hydrogen-bond acceptors (Lipinski definition) is 3. The molecular formula is C20H26N2O2. The average molecular weight is 326 g/mol. The van der Waals surface area contributed by atoms with Crippen LogP contribution in [0.15, 0.2) is 48.5 Å². The third kappa shape index (κ3) is 4.91. The number of benzene rings is 2. The highest BCUT2D eigenvalue weighted by Gasteiger charge is 2.22. The summed E-state index contributed by atoms with van der Waals surface area (Å²) in [7, 11) is 1.66. The summed E-state index contributed by atoms with van der Waals surface area (Å²) in [6.45, 7) is 6.56. The highest BCUT2D eigenvalue weighted by atomic mass is 16.5. The van der Waals surface area contributed by atoms with Crippen LogP contribution in [0.3, 0.4) is 0 Å². The van der Waals surface area contributed by atoms with Gasteiger partial charge in [0, 0.05) is 18.8 Å². The van der Waals surface area contributed by atoms with Crippen molar-refractivity contribution in [3.05, 3.63) is 65.2 Å². The number of carbonyl (C=O) groups excluding carboxylic acids is 1. The minimum Gasteiger partial charge on any atom is -0.383 e. The van der Waals surface area contributed by atoms with E-state index >= 15 is 0 Å². The van der Waals surface area contributed by atoms with Gasteiger partial charge in [0.25, 0.3) is 0 Å². The molecule has 0 aliphatic carbocycles. The summed E-state index contributed by atoms with van der Waals surface area (Å²) in [6, 6.07) is 15.4. The number of anilines is 1. The van der Waals surface area contributed by atoms with Crippen molar-refractivity contribution in [2.75, 3.05) is 19.0 Å².